The first-order chi connectivity index (χ1) is 22.6. The molecule has 0 bridgehead atoms. The zero-order valence-corrected chi connectivity index (χ0v) is 29.4. The standard InChI is InChI=1S/C11H8ClNO.C9H7ClO.C6H7ClO3.C4H2Cl2O2.C3H3ClO/c12-11(14)6-5-8-7-13-10-4-2-1-3-9(8)10;10-9(11)7-6-8-4-2-1-3-5-8;1-2-10-6(9)4-3-5(7)8;5-3(7)1-2-4(6)8;1-2-3(4)5/h1-7,13H;1-7H;3-4H,2H2,1H3;1-2H;1,3,5H/b6-5+;7-6+;4-3+;2-1+;. The van der Waals surface area contributed by atoms with E-state index in [0.29, 0.717) is 6.61 Å². The van der Waals surface area contributed by atoms with E-state index in [-0.39, 0.29) is 0 Å². The number of H-pyrrole nitrogens is 1. The van der Waals surface area contributed by atoms with Gasteiger partial charge in [0.15, 0.2) is 5.56 Å². The molecule has 254 valence electrons. The zero-order chi connectivity index (χ0) is 36.9. The number of alkyl halides is 1. The van der Waals surface area contributed by atoms with Crippen LogP contribution in [0, 0.1) is 12.3 Å². The number of para-hydroxylation sites is 1. The number of aliphatic hydroxyl groups is 1. The number of esters is 1. The Hall–Kier alpha value is -3.98. The second-order valence-corrected chi connectivity index (χ2v) is 10.1. The Morgan fingerprint density at radius 2 is 1.19 bits per heavy atom. The fraction of sp³-hybridized carbons (Fsp3) is 0.0909. The maximum Gasteiger partial charge on any atom is 0.330 e. The van der Waals surface area contributed by atoms with Crippen LogP contribution in [0.15, 0.2) is 97.3 Å². The largest absolute Gasteiger partial charge is 0.463 e. The number of allylic oxidation sites excluding steroid dienone is 5. The molecule has 2 N–H and O–H groups in total. The van der Waals surface area contributed by atoms with Crippen LogP contribution in [0.2, 0.25) is 0 Å². The van der Waals surface area contributed by atoms with Crippen LogP contribution in [0.5, 0.6) is 0 Å². The number of nitrogens with one attached hydrogen (secondary N) is 1. The predicted octanol–water partition coefficient (Wildman–Crippen LogP) is 7.53. The number of carbonyl (C=O) groups excluding carboxylic acids is 6. The normalized spacial score (nSPS) is 10.6. The van der Waals surface area contributed by atoms with Gasteiger partial charge in [-0.25, -0.2) is 4.79 Å². The summed E-state index contributed by atoms with van der Waals surface area (Å²) in [4.78, 5) is 64.0. The number of hydrogen-bond acceptors (Lipinski definition) is 8. The third kappa shape index (κ3) is 29.4. The summed E-state index contributed by atoms with van der Waals surface area (Å²) in [6, 6.07) is 17.4. The van der Waals surface area contributed by atoms with E-state index in [2.05, 4.69) is 16.1 Å². The van der Waals surface area contributed by atoms with Crippen LogP contribution in [-0.4, -0.2) is 54.4 Å². The Balaban J connectivity index is 0. The van der Waals surface area contributed by atoms with Crippen molar-refractivity contribution in [3.63, 3.8) is 0 Å². The van der Waals surface area contributed by atoms with Crippen molar-refractivity contribution in [1.82, 2.24) is 4.98 Å². The Bertz CT molecular complexity index is 1620. The van der Waals surface area contributed by atoms with Crippen LogP contribution in [0.1, 0.15) is 18.1 Å². The molecule has 3 rings (SSSR count). The number of aliphatic hydroxyl groups excluding tert-OH is 1. The van der Waals surface area contributed by atoms with E-state index < -0.39 is 37.7 Å². The molecule has 0 radical (unpaired) electrons. The first-order valence-corrected chi connectivity index (χ1v) is 15.2. The summed E-state index contributed by atoms with van der Waals surface area (Å²) < 4.78 is 4.46. The highest BCUT2D eigenvalue weighted by Gasteiger charge is 1.99. The van der Waals surface area contributed by atoms with Gasteiger partial charge >= 0.3 is 5.97 Å². The number of ether oxygens (including phenoxy) is 1. The van der Waals surface area contributed by atoms with Gasteiger partial charge in [-0.3, -0.25) is 24.0 Å². The van der Waals surface area contributed by atoms with Crippen molar-refractivity contribution < 1.29 is 38.6 Å². The van der Waals surface area contributed by atoms with Crippen LogP contribution >= 0.6 is 69.6 Å². The summed E-state index contributed by atoms with van der Waals surface area (Å²) in [6.07, 6.45) is 16.1. The summed E-state index contributed by atoms with van der Waals surface area (Å²) in [5.41, 5.74) is 1.88. The van der Waals surface area contributed by atoms with Gasteiger partial charge in [0.2, 0.25) is 26.2 Å². The van der Waals surface area contributed by atoms with Crippen molar-refractivity contribution in [1.29, 1.82) is 0 Å². The topological polar surface area (TPSA) is 148 Å². The lowest BCUT2D eigenvalue weighted by Crippen LogP contribution is -1.99. The number of carbonyl (C=O) groups is 6. The number of benzene rings is 2. The molecule has 0 spiro atoms. The molecular formula is C33H27Cl6NO8. The van der Waals surface area contributed by atoms with E-state index in [0.717, 1.165) is 46.3 Å². The molecule has 0 aliphatic rings. The number of terminal acetylenes is 1. The van der Waals surface area contributed by atoms with Crippen molar-refractivity contribution >= 4 is 125 Å². The molecule has 15 heteroatoms. The zero-order valence-electron chi connectivity index (χ0n) is 24.8. The maximum absolute atomic E-state index is 10.5. The lowest BCUT2D eigenvalue weighted by atomic mass is 10.2. The third-order valence-electron chi connectivity index (χ3n) is 4.34. The second kappa shape index (κ2) is 29.2. The molecule has 2 aromatic carbocycles. The fourth-order valence-corrected chi connectivity index (χ4v) is 2.88. The molecule has 48 heavy (non-hydrogen) atoms. The molecule has 1 aromatic heterocycles. The van der Waals surface area contributed by atoms with Crippen LogP contribution in [-0.2, 0) is 33.5 Å². The molecule has 3 aromatic rings. The first kappa shape index (κ1) is 46.1. The minimum atomic E-state index is -1.12. The van der Waals surface area contributed by atoms with Gasteiger partial charge in [-0.1, -0.05) is 72.1 Å². The van der Waals surface area contributed by atoms with Crippen LogP contribution < -0.4 is 0 Å². The lowest BCUT2D eigenvalue weighted by molar-refractivity contribution is -0.137. The average molecular weight is 778 g/mol. The van der Waals surface area contributed by atoms with Gasteiger partial charge < -0.3 is 14.8 Å². The van der Waals surface area contributed by atoms with Crippen molar-refractivity contribution in [2.24, 2.45) is 0 Å². The van der Waals surface area contributed by atoms with Gasteiger partial charge in [0.05, 0.1) is 6.61 Å². The quantitative estimate of drug-likeness (QED) is 0.0745. The van der Waals surface area contributed by atoms with E-state index in [1.807, 2.05) is 66.7 Å². The van der Waals surface area contributed by atoms with Crippen LogP contribution in [0.3, 0.4) is 0 Å². The van der Waals surface area contributed by atoms with Gasteiger partial charge in [-0.05, 0) is 100 Å². The molecule has 0 aliphatic heterocycles. The average Bonchev–Trinajstić information content (AvgIpc) is 3.46. The number of aromatic nitrogens is 1. The predicted molar refractivity (Wildman–Crippen MR) is 193 cm³/mol. The Labute approximate surface area is 306 Å². The number of rotatable bonds is 9. The molecular weight excluding hydrogens is 751 g/mol. The number of halogens is 6. The second-order valence-electron chi connectivity index (χ2n) is 7.81. The van der Waals surface area contributed by atoms with E-state index in [1.54, 1.807) is 19.1 Å². The van der Waals surface area contributed by atoms with E-state index >= 15 is 0 Å². The van der Waals surface area contributed by atoms with Gasteiger partial charge in [0, 0.05) is 41.4 Å². The molecule has 1 heterocycles. The van der Waals surface area contributed by atoms with Crippen molar-refractivity contribution in [2.45, 2.75) is 12.5 Å². The Morgan fingerprint density at radius 1 is 0.750 bits per heavy atom. The van der Waals surface area contributed by atoms with Crippen molar-refractivity contribution in [3.8, 4) is 12.3 Å². The highest BCUT2D eigenvalue weighted by atomic mass is 35.5. The van der Waals surface area contributed by atoms with Crippen molar-refractivity contribution in [2.75, 3.05) is 6.61 Å². The van der Waals surface area contributed by atoms with Gasteiger partial charge in [0.25, 0.3) is 0 Å². The Kier molecular flexibility index (Phi) is 28.1. The highest BCUT2D eigenvalue weighted by molar-refractivity contribution is 6.69. The van der Waals surface area contributed by atoms with Crippen LogP contribution in [0.4, 0.5) is 0 Å². The van der Waals surface area contributed by atoms with E-state index in [1.165, 1.54) is 12.2 Å². The monoisotopic (exact) mass is 775 g/mol. The number of aromatic amines is 1. The lowest BCUT2D eigenvalue weighted by Gasteiger charge is -1.92. The minimum Gasteiger partial charge on any atom is -0.463 e. The molecule has 0 fully saturated rings. The SMILES string of the molecule is C#CC(O)Cl.CCOC(=O)/C=C/C(=O)Cl.O=C(Cl)/C=C/C(=O)Cl.O=C(Cl)/C=C/c1c[nH]c2ccccc12.O=C(Cl)/C=C/c1ccccc1. The molecule has 1 unspecified atom stereocenters. The highest BCUT2D eigenvalue weighted by Crippen LogP contribution is 2.18. The fourth-order valence-electron chi connectivity index (χ4n) is 2.57. The van der Waals surface area contributed by atoms with Crippen molar-refractivity contribution in [3.05, 3.63) is 108 Å². The summed E-state index contributed by atoms with van der Waals surface area (Å²) in [6.45, 7) is 1.97. The molecule has 0 saturated heterocycles. The summed E-state index contributed by atoms with van der Waals surface area (Å²) in [5.74, 6) is 1.29. The molecule has 0 saturated carbocycles. The molecule has 9 nitrogen and oxygen atoms in total. The smallest absolute Gasteiger partial charge is 0.330 e. The third-order valence-corrected chi connectivity index (χ3v) is 5.10. The summed E-state index contributed by atoms with van der Waals surface area (Å²) in [5, 5.41) is 5.96. The molecule has 0 aliphatic carbocycles. The number of fused-ring (bicyclic) bond motifs is 1. The van der Waals surface area contributed by atoms with Gasteiger partial charge in [0.1, 0.15) is 0 Å². The molecule has 1 atom stereocenters. The first-order valence-electron chi connectivity index (χ1n) is 12.9. The van der Waals surface area contributed by atoms with Crippen LogP contribution in [0.25, 0.3) is 23.1 Å². The van der Waals surface area contributed by atoms with E-state index in [4.69, 9.17) is 74.7 Å². The number of hydrogen-bond donors (Lipinski definition) is 2. The maximum atomic E-state index is 10.5. The Morgan fingerprint density at radius 3 is 1.65 bits per heavy atom. The molecule has 0 amide bonds. The van der Waals surface area contributed by atoms with E-state index in [9.17, 15) is 28.8 Å². The minimum absolute atomic E-state index is 0.291. The summed E-state index contributed by atoms with van der Waals surface area (Å²) in [7, 11) is 0. The summed E-state index contributed by atoms with van der Waals surface area (Å²) >= 11 is 29.6. The van der Waals surface area contributed by atoms with Gasteiger partial charge in [-0.15, -0.1) is 6.42 Å². The van der Waals surface area contributed by atoms with Gasteiger partial charge in [-0.2, -0.15) is 0 Å².